The number of thiophene rings is 1. The minimum Gasteiger partial charge on any atom is -0.490 e. The van der Waals surface area contributed by atoms with Crippen molar-refractivity contribution < 1.29 is 9.84 Å². The monoisotopic (exact) mass is 576 g/mol. The number of tetrazole rings is 1. The van der Waals surface area contributed by atoms with Crippen molar-refractivity contribution in [3.63, 3.8) is 0 Å². The Labute approximate surface area is 248 Å². The molecule has 9 heteroatoms. The van der Waals surface area contributed by atoms with Gasteiger partial charge in [0.05, 0.1) is 0 Å². The highest BCUT2D eigenvalue weighted by molar-refractivity contribution is 7.13. The lowest BCUT2D eigenvalue weighted by Gasteiger charge is -2.16. The van der Waals surface area contributed by atoms with Gasteiger partial charge in [-0.15, -0.1) is 16.4 Å². The summed E-state index contributed by atoms with van der Waals surface area (Å²) in [4.78, 5) is 4.63. The number of hydrogen-bond donors (Lipinski definition) is 4. The molecule has 0 fully saturated rings. The molecule has 0 amide bonds. The highest BCUT2D eigenvalue weighted by atomic mass is 32.1. The van der Waals surface area contributed by atoms with Gasteiger partial charge in [0.25, 0.3) is 0 Å². The van der Waals surface area contributed by atoms with Crippen LogP contribution in [0.15, 0.2) is 103 Å². The molecule has 42 heavy (non-hydrogen) atoms. The number of aliphatic hydroxyl groups is 1. The molecule has 0 spiro atoms. The third-order valence-electron chi connectivity index (χ3n) is 7.24. The molecular formula is C33H32N6O2S. The summed E-state index contributed by atoms with van der Waals surface area (Å²) >= 11 is 1.67. The second-order valence-electron chi connectivity index (χ2n) is 10.2. The first kappa shape index (κ1) is 27.4. The summed E-state index contributed by atoms with van der Waals surface area (Å²) in [6.07, 6.45) is 3.89. The van der Waals surface area contributed by atoms with Crippen LogP contribution in [0.1, 0.15) is 16.7 Å². The lowest BCUT2D eigenvalue weighted by Crippen LogP contribution is -2.31. The van der Waals surface area contributed by atoms with Crippen molar-refractivity contribution in [2.24, 2.45) is 0 Å². The molecular weight excluding hydrogens is 544 g/mol. The number of ether oxygens (including phenoxy) is 1. The van der Waals surface area contributed by atoms with Gasteiger partial charge >= 0.3 is 0 Å². The van der Waals surface area contributed by atoms with E-state index in [4.69, 9.17) is 4.74 Å². The molecule has 0 aliphatic heterocycles. The van der Waals surface area contributed by atoms with Gasteiger partial charge < -0.3 is 20.1 Å². The second kappa shape index (κ2) is 12.8. The molecule has 0 aliphatic carbocycles. The highest BCUT2D eigenvalue weighted by Gasteiger charge is 2.12. The van der Waals surface area contributed by atoms with E-state index < -0.39 is 6.10 Å². The van der Waals surface area contributed by atoms with Crippen LogP contribution in [0.3, 0.4) is 0 Å². The average molecular weight is 577 g/mol. The van der Waals surface area contributed by atoms with Gasteiger partial charge in [0, 0.05) is 51.8 Å². The van der Waals surface area contributed by atoms with Gasteiger partial charge in [0.2, 0.25) is 0 Å². The van der Waals surface area contributed by atoms with Crippen LogP contribution in [0, 0.1) is 0 Å². The average Bonchev–Trinajstić information content (AvgIpc) is 3.82. The largest absolute Gasteiger partial charge is 0.490 e. The number of para-hydroxylation sites is 2. The zero-order valence-corrected chi connectivity index (χ0v) is 23.9. The summed E-state index contributed by atoms with van der Waals surface area (Å²) < 4.78 is 5.98. The molecule has 3 aromatic carbocycles. The fraction of sp³-hybridized carbons (Fsp3) is 0.182. The van der Waals surface area contributed by atoms with Crippen LogP contribution in [-0.4, -0.2) is 50.0 Å². The van der Waals surface area contributed by atoms with E-state index in [-0.39, 0.29) is 6.61 Å². The number of allylic oxidation sites excluding steroid dienone is 1. The summed E-state index contributed by atoms with van der Waals surface area (Å²) in [5, 5.41) is 31.2. The maximum atomic E-state index is 10.6. The van der Waals surface area contributed by atoms with Crippen molar-refractivity contribution in [1.29, 1.82) is 0 Å². The zero-order valence-electron chi connectivity index (χ0n) is 23.1. The number of fused-ring (bicyclic) bond motifs is 1. The molecule has 0 saturated carbocycles. The van der Waals surface area contributed by atoms with Crippen LogP contribution in [0.4, 0.5) is 0 Å². The normalized spacial score (nSPS) is 11.9. The molecule has 0 saturated heterocycles. The van der Waals surface area contributed by atoms with E-state index in [0.717, 1.165) is 45.8 Å². The smallest absolute Gasteiger partial charge is 0.179 e. The molecule has 0 unspecified atom stereocenters. The van der Waals surface area contributed by atoms with Gasteiger partial charge in [-0.2, -0.15) is 0 Å². The summed E-state index contributed by atoms with van der Waals surface area (Å²) in [6, 6.07) is 26.8. The minimum absolute atomic E-state index is 0.194. The Hall–Kier alpha value is -4.73. The number of aromatic nitrogens is 5. The maximum Gasteiger partial charge on any atom is 0.179 e. The molecule has 0 bridgehead atoms. The number of H-pyrrole nitrogens is 2. The van der Waals surface area contributed by atoms with Crippen molar-refractivity contribution in [2.75, 3.05) is 13.2 Å². The van der Waals surface area contributed by atoms with Crippen LogP contribution >= 0.6 is 11.3 Å². The number of nitrogens with zero attached hydrogens (tertiary/aromatic N) is 3. The number of hydrogen-bond acceptors (Lipinski definition) is 7. The van der Waals surface area contributed by atoms with Crippen LogP contribution in [0.2, 0.25) is 0 Å². The molecule has 8 nitrogen and oxygen atoms in total. The topological polar surface area (TPSA) is 112 Å². The molecule has 1 atom stereocenters. The molecule has 3 aromatic heterocycles. The Bertz CT molecular complexity index is 1740. The summed E-state index contributed by atoms with van der Waals surface area (Å²) in [5.41, 5.74) is 7.71. The van der Waals surface area contributed by atoms with E-state index in [1.54, 1.807) is 11.3 Å². The van der Waals surface area contributed by atoms with E-state index in [1.807, 2.05) is 47.8 Å². The molecule has 4 N–H and O–H groups in total. The van der Waals surface area contributed by atoms with Gasteiger partial charge in [0.15, 0.2) is 5.82 Å². The summed E-state index contributed by atoms with van der Waals surface area (Å²) in [7, 11) is 0. The highest BCUT2D eigenvalue weighted by Crippen LogP contribution is 2.33. The maximum absolute atomic E-state index is 10.6. The third kappa shape index (κ3) is 6.43. The molecule has 3 heterocycles. The predicted octanol–water partition coefficient (Wildman–Crippen LogP) is 5.95. The second-order valence-corrected chi connectivity index (χ2v) is 11.1. The Morgan fingerprint density at radius 1 is 0.976 bits per heavy atom. The van der Waals surface area contributed by atoms with Crippen LogP contribution in [0.25, 0.3) is 32.7 Å². The number of nitrogens with one attached hydrogen (secondary N) is 3. The molecule has 6 rings (SSSR count). The van der Waals surface area contributed by atoms with Crippen molar-refractivity contribution in [3.8, 4) is 27.6 Å². The van der Waals surface area contributed by atoms with Gasteiger partial charge in [-0.05, 0) is 63.5 Å². The van der Waals surface area contributed by atoms with Crippen LogP contribution in [-0.2, 0) is 19.3 Å². The molecule has 6 aromatic rings. The summed E-state index contributed by atoms with van der Waals surface area (Å²) in [5.74, 6) is 1.44. The number of aliphatic hydroxyl groups excluding tert-OH is 1. The van der Waals surface area contributed by atoms with Crippen molar-refractivity contribution >= 4 is 22.2 Å². The van der Waals surface area contributed by atoms with E-state index in [9.17, 15) is 5.11 Å². The lowest BCUT2D eigenvalue weighted by atomic mass is 10.00. The van der Waals surface area contributed by atoms with E-state index in [0.29, 0.717) is 18.8 Å². The fourth-order valence-corrected chi connectivity index (χ4v) is 5.80. The number of rotatable bonds is 13. The quantitative estimate of drug-likeness (QED) is 0.135. The zero-order chi connectivity index (χ0) is 28.7. The van der Waals surface area contributed by atoms with Crippen LogP contribution in [0.5, 0.6) is 5.75 Å². The van der Waals surface area contributed by atoms with E-state index in [1.165, 1.54) is 22.1 Å². The van der Waals surface area contributed by atoms with Gasteiger partial charge in [-0.3, -0.25) is 0 Å². The fourth-order valence-electron chi connectivity index (χ4n) is 5.05. The number of aryl methyl sites for hydroxylation is 2. The first-order valence-electron chi connectivity index (χ1n) is 13.9. The van der Waals surface area contributed by atoms with Gasteiger partial charge in [-0.25, -0.2) is 5.10 Å². The number of aromatic amines is 2. The van der Waals surface area contributed by atoms with Crippen molar-refractivity contribution in [1.82, 2.24) is 30.9 Å². The van der Waals surface area contributed by atoms with E-state index >= 15 is 0 Å². The molecule has 0 aliphatic rings. The van der Waals surface area contributed by atoms with Crippen molar-refractivity contribution in [2.45, 2.75) is 25.4 Å². The van der Waals surface area contributed by atoms with Crippen LogP contribution < -0.4 is 10.1 Å². The van der Waals surface area contributed by atoms with Crippen molar-refractivity contribution in [3.05, 3.63) is 119 Å². The third-order valence-corrected chi connectivity index (χ3v) is 8.14. The van der Waals surface area contributed by atoms with Gasteiger partial charge in [0.1, 0.15) is 18.5 Å². The standard InChI is InChI=1S/C33H32N6O2S/c1-22(34-20-27(40)21-41-30-9-3-2-7-29(30)31-10-5-17-42-31)18-26-19-35-32-24(6-4-8-28(26)32)14-11-23-12-15-25(16-13-23)33-36-38-39-37-33/h2-10,12-13,15-17,19,27,34-35,40H,1,11,14,18,20-21H2,(H,36,37,38,39)/t27-/m0/s1. The SMILES string of the molecule is C=C(Cc1c[nH]c2c(CCc3ccc(-c4nnn[nH]4)cc3)cccc12)NC[C@H](O)COc1ccccc1-c1cccs1. The Balaban J connectivity index is 1.01. The molecule has 0 radical (unpaired) electrons. The molecule has 212 valence electrons. The Kier molecular flexibility index (Phi) is 8.39. The Morgan fingerprint density at radius 3 is 2.67 bits per heavy atom. The summed E-state index contributed by atoms with van der Waals surface area (Å²) in [6.45, 7) is 4.76. The minimum atomic E-state index is -0.672. The number of benzene rings is 3. The predicted molar refractivity (Wildman–Crippen MR) is 167 cm³/mol. The first-order chi connectivity index (χ1) is 20.6. The van der Waals surface area contributed by atoms with E-state index in [2.05, 4.69) is 80.1 Å². The first-order valence-corrected chi connectivity index (χ1v) is 14.8. The van der Waals surface area contributed by atoms with Gasteiger partial charge in [-0.1, -0.05) is 67.2 Å². The Morgan fingerprint density at radius 2 is 1.86 bits per heavy atom. The lowest BCUT2D eigenvalue weighted by molar-refractivity contribution is 0.109.